The Morgan fingerprint density at radius 1 is 1.48 bits per heavy atom. The maximum absolute atomic E-state index is 12.3. The van der Waals surface area contributed by atoms with Crippen molar-refractivity contribution in [2.24, 2.45) is 0 Å². The zero-order valence-electron chi connectivity index (χ0n) is 11.6. The first-order chi connectivity index (χ1) is 9.92. The van der Waals surface area contributed by atoms with Gasteiger partial charge in [0.1, 0.15) is 10.7 Å². The topological polar surface area (TPSA) is 71.1 Å². The second-order valence-corrected chi connectivity index (χ2v) is 7.71. The molecule has 0 aliphatic rings. The highest BCUT2D eigenvalue weighted by atomic mass is 35.5. The van der Waals surface area contributed by atoms with E-state index in [1.807, 2.05) is 24.4 Å². The van der Waals surface area contributed by atoms with E-state index in [0.717, 1.165) is 4.88 Å². The summed E-state index contributed by atoms with van der Waals surface area (Å²) in [6.07, 6.45) is 1.94. The van der Waals surface area contributed by atoms with E-state index in [9.17, 15) is 8.42 Å². The maximum atomic E-state index is 12.3. The number of pyridine rings is 1. The minimum Gasteiger partial charge on any atom is -0.372 e. The molecule has 0 fully saturated rings. The third-order valence-corrected chi connectivity index (χ3v) is 5.55. The standard InChI is InChI=1S/C13H16ClN3O2S2/c1-9(6-10-4-3-5-20-10)17-21(18,19)11-7-12(14)13(15-2)16-8-11/h3-5,7-9,17H,6H2,1-2H3,(H,15,16). The fourth-order valence-electron chi connectivity index (χ4n) is 1.86. The van der Waals surface area contributed by atoms with Crippen molar-refractivity contribution in [2.45, 2.75) is 24.3 Å². The molecule has 114 valence electrons. The summed E-state index contributed by atoms with van der Waals surface area (Å²) in [6.45, 7) is 1.83. The number of nitrogens with zero attached hydrogens (tertiary/aromatic N) is 1. The number of anilines is 1. The number of halogens is 1. The summed E-state index contributed by atoms with van der Waals surface area (Å²) >= 11 is 7.58. The smallest absolute Gasteiger partial charge is 0.242 e. The highest BCUT2D eigenvalue weighted by Crippen LogP contribution is 2.22. The molecule has 0 bridgehead atoms. The van der Waals surface area contributed by atoms with Crippen LogP contribution in [0.1, 0.15) is 11.8 Å². The number of rotatable bonds is 6. The first kappa shape index (κ1) is 16.2. The Morgan fingerprint density at radius 2 is 2.24 bits per heavy atom. The van der Waals surface area contributed by atoms with Crippen LogP contribution in [0.25, 0.3) is 0 Å². The van der Waals surface area contributed by atoms with Crippen LogP contribution in [0, 0.1) is 0 Å². The van der Waals surface area contributed by atoms with Gasteiger partial charge in [0.15, 0.2) is 0 Å². The van der Waals surface area contributed by atoms with Crippen molar-refractivity contribution in [1.82, 2.24) is 9.71 Å². The largest absolute Gasteiger partial charge is 0.372 e. The Kier molecular flexibility index (Phi) is 5.21. The Morgan fingerprint density at radius 3 is 2.81 bits per heavy atom. The lowest BCUT2D eigenvalue weighted by molar-refractivity contribution is 0.560. The van der Waals surface area contributed by atoms with Gasteiger partial charge in [-0.15, -0.1) is 11.3 Å². The molecule has 2 aromatic heterocycles. The molecule has 1 atom stereocenters. The molecule has 0 aromatic carbocycles. The molecule has 5 nitrogen and oxygen atoms in total. The fraction of sp³-hybridized carbons (Fsp3) is 0.308. The van der Waals surface area contributed by atoms with Crippen LogP contribution in [0.5, 0.6) is 0 Å². The van der Waals surface area contributed by atoms with E-state index in [2.05, 4.69) is 15.0 Å². The summed E-state index contributed by atoms with van der Waals surface area (Å²) < 4.78 is 27.2. The number of hydrogen-bond acceptors (Lipinski definition) is 5. The highest BCUT2D eigenvalue weighted by molar-refractivity contribution is 7.89. The van der Waals surface area contributed by atoms with Gasteiger partial charge in [-0.1, -0.05) is 17.7 Å². The van der Waals surface area contributed by atoms with Crippen LogP contribution in [-0.4, -0.2) is 26.5 Å². The van der Waals surface area contributed by atoms with Gasteiger partial charge in [0.05, 0.1) is 5.02 Å². The van der Waals surface area contributed by atoms with Crippen LogP contribution < -0.4 is 10.0 Å². The third kappa shape index (κ3) is 4.16. The molecule has 21 heavy (non-hydrogen) atoms. The van der Waals surface area contributed by atoms with Crippen molar-refractivity contribution in [2.75, 3.05) is 12.4 Å². The molecular weight excluding hydrogens is 330 g/mol. The van der Waals surface area contributed by atoms with Gasteiger partial charge in [0, 0.05) is 24.2 Å². The molecule has 0 aliphatic carbocycles. The van der Waals surface area contributed by atoms with Gasteiger partial charge in [-0.25, -0.2) is 18.1 Å². The summed E-state index contributed by atoms with van der Waals surface area (Å²) in [7, 11) is -1.96. The second-order valence-electron chi connectivity index (χ2n) is 4.56. The van der Waals surface area contributed by atoms with Crippen molar-refractivity contribution in [3.05, 3.63) is 39.7 Å². The molecule has 8 heteroatoms. The second kappa shape index (κ2) is 6.74. The number of thiophene rings is 1. The summed E-state index contributed by atoms with van der Waals surface area (Å²) in [4.78, 5) is 5.18. The number of nitrogens with one attached hydrogen (secondary N) is 2. The minimum atomic E-state index is -3.63. The molecule has 2 N–H and O–H groups in total. The molecule has 0 radical (unpaired) electrons. The zero-order valence-corrected chi connectivity index (χ0v) is 14.0. The molecule has 0 saturated carbocycles. The first-order valence-corrected chi connectivity index (χ1v) is 9.04. The quantitative estimate of drug-likeness (QED) is 0.844. The van der Waals surface area contributed by atoms with Crippen molar-refractivity contribution in [1.29, 1.82) is 0 Å². The van der Waals surface area contributed by atoms with Gasteiger partial charge in [-0.05, 0) is 30.9 Å². The van der Waals surface area contributed by atoms with Gasteiger partial charge >= 0.3 is 0 Å². The summed E-state index contributed by atoms with van der Waals surface area (Å²) in [6, 6.07) is 5.11. The SMILES string of the molecule is CNc1ncc(S(=O)(=O)NC(C)Cc2cccs2)cc1Cl. The van der Waals surface area contributed by atoms with Crippen LogP contribution in [0.2, 0.25) is 5.02 Å². The normalized spacial score (nSPS) is 13.1. The molecule has 2 aromatic rings. The number of hydrogen-bond donors (Lipinski definition) is 2. The van der Waals surface area contributed by atoms with Crippen molar-refractivity contribution >= 4 is 38.8 Å². The van der Waals surface area contributed by atoms with Gasteiger partial charge in [-0.2, -0.15) is 0 Å². The van der Waals surface area contributed by atoms with Crippen molar-refractivity contribution < 1.29 is 8.42 Å². The summed E-state index contributed by atoms with van der Waals surface area (Å²) in [5.41, 5.74) is 0. The zero-order chi connectivity index (χ0) is 15.5. The van der Waals surface area contributed by atoms with Crippen LogP contribution in [0.15, 0.2) is 34.7 Å². The van der Waals surface area contributed by atoms with Gasteiger partial charge < -0.3 is 5.32 Å². The Bertz CT molecular complexity index is 702. The fourth-order valence-corrected chi connectivity index (χ4v) is 4.23. The van der Waals surface area contributed by atoms with Crippen LogP contribution >= 0.6 is 22.9 Å². The van der Waals surface area contributed by atoms with Gasteiger partial charge in [0.25, 0.3) is 0 Å². The van der Waals surface area contributed by atoms with Crippen LogP contribution in [-0.2, 0) is 16.4 Å². The van der Waals surface area contributed by atoms with Gasteiger partial charge in [-0.3, -0.25) is 0 Å². The predicted molar refractivity (Wildman–Crippen MR) is 86.6 cm³/mol. The molecule has 2 heterocycles. The van der Waals surface area contributed by atoms with Crippen molar-refractivity contribution in [3.8, 4) is 0 Å². The van der Waals surface area contributed by atoms with Crippen LogP contribution in [0.4, 0.5) is 5.82 Å². The highest BCUT2D eigenvalue weighted by Gasteiger charge is 2.19. The lowest BCUT2D eigenvalue weighted by Gasteiger charge is -2.14. The average molecular weight is 346 g/mol. The molecular formula is C13H16ClN3O2S2. The lowest BCUT2D eigenvalue weighted by atomic mass is 10.2. The Hall–Kier alpha value is -1.15. The molecule has 0 amide bonds. The monoisotopic (exact) mass is 345 g/mol. The first-order valence-electron chi connectivity index (χ1n) is 6.30. The Labute approximate surface area is 133 Å². The van der Waals surface area contributed by atoms with E-state index < -0.39 is 10.0 Å². The molecule has 0 spiro atoms. The van der Waals surface area contributed by atoms with E-state index in [-0.39, 0.29) is 16.0 Å². The lowest BCUT2D eigenvalue weighted by Crippen LogP contribution is -2.34. The predicted octanol–water partition coefficient (Wildman–Crippen LogP) is 2.75. The van der Waals surface area contributed by atoms with Crippen molar-refractivity contribution in [3.63, 3.8) is 0 Å². The maximum Gasteiger partial charge on any atom is 0.242 e. The molecule has 2 rings (SSSR count). The molecule has 0 saturated heterocycles. The summed E-state index contributed by atoms with van der Waals surface area (Å²) in [5, 5.41) is 5.03. The third-order valence-electron chi connectivity index (χ3n) is 2.81. The van der Waals surface area contributed by atoms with Gasteiger partial charge in [0.2, 0.25) is 10.0 Å². The van der Waals surface area contributed by atoms with E-state index in [0.29, 0.717) is 12.2 Å². The average Bonchev–Trinajstić information content (AvgIpc) is 2.90. The van der Waals surface area contributed by atoms with E-state index in [4.69, 9.17) is 11.6 Å². The number of aromatic nitrogens is 1. The van der Waals surface area contributed by atoms with E-state index in [1.165, 1.54) is 12.3 Å². The summed E-state index contributed by atoms with van der Waals surface area (Å²) in [5.74, 6) is 0.447. The van der Waals surface area contributed by atoms with Crippen LogP contribution in [0.3, 0.4) is 0 Å². The molecule has 1 unspecified atom stereocenters. The molecule has 0 aliphatic heterocycles. The Balaban J connectivity index is 2.12. The van der Waals surface area contributed by atoms with E-state index >= 15 is 0 Å². The van der Waals surface area contributed by atoms with E-state index in [1.54, 1.807) is 18.4 Å². The minimum absolute atomic E-state index is 0.0597. The number of sulfonamides is 1.